The highest BCUT2D eigenvalue weighted by atomic mass is 32.2. The predicted octanol–water partition coefficient (Wildman–Crippen LogP) is 1.93. The summed E-state index contributed by atoms with van der Waals surface area (Å²) in [5.41, 5.74) is 0.531. The molecule has 102 valence electrons. The standard InChI is InChI=1S/C12H18FNO3S/c1-12(2,10-4-6-11(13)7-5-10)14-8-3-9-18(15,16)17/h4-7,14H,3,8-9H2,1-2H3,(H,15,16,17). The Morgan fingerprint density at radius 3 is 2.33 bits per heavy atom. The molecule has 0 amide bonds. The first kappa shape index (κ1) is 15.1. The SMILES string of the molecule is CC(C)(NCCCS(=O)(=O)O)c1ccc(F)cc1. The van der Waals surface area contributed by atoms with Crippen molar-refractivity contribution >= 4 is 10.1 Å². The Kier molecular flexibility index (Phi) is 4.84. The van der Waals surface area contributed by atoms with Gasteiger partial charge in [-0.1, -0.05) is 12.1 Å². The van der Waals surface area contributed by atoms with Gasteiger partial charge >= 0.3 is 0 Å². The van der Waals surface area contributed by atoms with Gasteiger partial charge in [-0.15, -0.1) is 0 Å². The number of nitrogens with one attached hydrogen (secondary N) is 1. The van der Waals surface area contributed by atoms with Crippen molar-refractivity contribution in [3.05, 3.63) is 35.6 Å². The number of hydrogen-bond acceptors (Lipinski definition) is 3. The van der Waals surface area contributed by atoms with Gasteiger partial charge in [0.25, 0.3) is 10.1 Å². The molecule has 18 heavy (non-hydrogen) atoms. The number of rotatable bonds is 6. The quantitative estimate of drug-likeness (QED) is 0.615. The molecule has 4 nitrogen and oxygen atoms in total. The van der Waals surface area contributed by atoms with Crippen LogP contribution < -0.4 is 5.32 Å². The van der Waals surface area contributed by atoms with Crippen LogP contribution in [0.4, 0.5) is 4.39 Å². The van der Waals surface area contributed by atoms with Crippen LogP contribution in [-0.4, -0.2) is 25.3 Å². The molecule has 0 heterocycles. The molecule has 1 rings (SSSR count). The number of hydrogen-bond donors (Lipinski definition) is 2. The minimum Gasteiger partial charge on any atom is -0.308 e. The first-order chi connectivity index (χ1) is 8.21. The van der Waals surface area contributed by atoms with E-state index in [0.29, 0.717) is 13.0 Å². The van der Waals surface area contributed by atoms with Gasteiger partial charge in [0.2, 0.25) is 0 Å². The molecule has 6 heteroatoms. The predicted molar refractivity (Wildman–Crippen MR) is 68.5 cm³/mol. The summed E-state index contributed by atoms with van der Waals surface area (Å²) >= 11 is 0. The van der Waals surface area contributed by atoms with Crippen molar-refractivity contribution in [2.75, 3.05) is 12.3 Å². The average molecular weight is 275 g/mol. The van der Waals surface area contributed by atoms with Gasteiger partial charge in [0.15, 0.2) is 0 Å². The van der Waals surface area contributed by atoms with Crippen molar-refractivity contribution in [1.29, 1.82) is 0 Å². The number of halogens is 1. The molecule has 0 aliphatic heterocycles. The van der Waals surface area contributed by atoms with Crippen LogP contribution in [0.5, 0.6) is 0 Å². The Hall–Kier alpha value is -0.980. The third kappa shape index (κ3) is 5.12. The smallest absolute Gasteiger partial charge is 0.264 e. The van der Waals surface area contributed by atoms with E-state index in [2.05, 4.69) is 5.32 Å². The Labute approximate surface area is 107 Å². The maximum absolute atomic E-state index is 12.8. The molecule has 0 saturated heterocycles. The fraction of sp³-hybridized carbons (Fsp3) is 0.500. The van der Waals surface area contributed by atoms with E-state index in [1.807, 2.05) is 13.8 Å². The van der Waals surface area contributed by atoms with Gasteiger partial charge < -0.3 is 5.32 Å². The summed E-state index contributed by atoms with van der Waals surface area (Å²) in [6.07, 6.45) is 0.323. The third-order valence-electron chi connectivity index (χ3n) is 2.71. The minimum atomic E-state index is -3.90. The highest BCUT2D eigenvalue weighted by Crippen LogP contribution is 2.19. The van der Waals surface area contributed by atoms with E-state index in [0.717, 1.165) is 5.56 Å². The lowest BCUT2D eigenvalue weighted by Gasteiger charge is -2.27. The van der Waals surface area contributed by atoms with Crippen LogP contribution in [0.25, 0.3) is 0 Å². The van der Waals surface area contributed by atoms with Crippen molar-refractivity contribution in [3.63, 3.8) is 0 Å². The first-order valence-corrected chi connectivity index (χ1v) is 7.28. The lowest BCUT2D eigenvalue weighted by molar-refractivity contribution is 0.401. The normalized spacial score (nSPS) is 12.7. The van der Waals surface area contributed by atoms with Crippen LogP contribution in [0.15, 0.2) is 24.3 Å². The number of benzene rings is 1. The van der Waals surface area contributed by atoms with E-state index in [1.165, 1.54) is 12.1 Å². The maximum atomic E-state index is 12.8. The second-order valence-electron chi connectivity index (χ2n) is 4.70. The molecule has 0 unspecified atom stereocenters. The zero-order chi connectivity index (χ0) is 13.8. The first-order valence-electron chi connectivity index (χ1n) is 5.67. The molecule has 0 aliphatic rings. The summed E-state index contributed by atoms with van der Waals surface area (Å²) in [5.74, 6) is -0.555. The second-order valence-corrected chi connectivity index (χ2v) is 6.27. The van der Waals surface area contributed by atoms with Gasteiger partial charge in [-0.25, -0.2) is 4.39 Å². The van der Waals surface area contributed by atoms with Crippen LogP contribution in [0, 0.1) is 5.82 Å². The fourth-order valence-electron chi connectivity index (χ4n) is 1.62. The molecule has 0 spiro atoms. The molecule has 0 bridgehead atoms. The van der Waals surface area contributed by atoms with Crippen LogP contribution in [0.1, 0.15) is 25.8 Å². The van der Waals surface area contributed by atoms with Gasteiger partial charge in [0, 0.05) is 5.54 Å². The monoisotopic (exact) mass is 275 g/mol. The summed E-state index contributed by atoms with van der Waals surface area (Å²) in [5, 5.41) is 3.17. The molecule has 0 atom stereocenters. The Morgan fingerprint density at radius 1 is 1.28 bits per heavy atom. The summed E-state index contributed by atoms with van der Waals surface area (Å²) < 4.78 is 42.5. The molecule has 0 aromatic heterocycles. The maximum Gasteiger partial charge on any atom is 0.264 e. The van der Waals surface area contributed by atoms with E-state index in [9.17, 15) is 12.8 Å². The van der Waals surface area contributed by atoms with Gasteiger partial charge in [-0.3, -0.25) is 4.55 Å². The zero-order valence-electron chi connectivity index (χ0n) is 10.5. The summed E-state index contributed by atoms with van der Waals surface area (Å²) in [7, 11) is -3.90. The lowest BCUT2D eigenvalue weighted by atomic mass is 9.94. The van der Waals surface area contributed by atoms with Crippen molar-refractivity contribution in [2.45, 2.75) is 25.8 Å². The average Bonchev–Trinajstić information content (AvgIpc) is 2.24. The molecule has 0 aliphatic carbocycles. The summed E-state index contributed by atoms with van der Waals surface area (Å²) in [6, 6.07) is 6.14. The van der Waals surface area contributed by atoms with Gasteiger partial charge in [0.1, 0.15) is 5.82 Å². The Morgan fingerprint density at radius 2 is 1.83 bits per heavy atom. The van der Waals surface area contributed by atoms with Gasteiger partial charge in [0.05, 0.1) is 5.75 Å². The molecular weight excluding hydrogens is 257 g/mol. The van der Waals surface area contributed by atoms with E-state index in [4.69, 9.17) is 4.55 Å². The molecular formula is C12H18FNO3S. The largest absolute Gasteiger partial charge is 0.308 e. The molecule has 1 aromatic carbocycles. The molecule has 2 N–H and O–H groups in total. The van der Waals surface area contributed by atoms with E-state index in [1.54, 1.807) is 12.1 Å². The molecule has 0 radical (unpaired) electrons. The molecule has 1 aromatic rings. The highest BCUT2D eigenvalue weighted by Gasteiger charge is 2.19. The van der Waals surface area contributed by atoms with Crippen LogP contribution >= 0.6 is 0 Å². The molecule has 0 fully saturated rings. The highest BCUT2D eigenvalue weighted by molar-refractivity contribution is 7.85. The Balaban J connectivity index is 2.52. The third-order valence-corrected chi connectivity index (χ3v) is 3.52. The lowest BCUT2D eigenvalue weighted by Crippen LogP contribution is -2.37. The Bertz CT molecular complexity index is 483. The van der Waals surface area contributed by atoms with E-state index in [-0.39, 0.29) is 17.1 Å². The second kappa shape index (κ2) is 5.77. The minimum absolute atomic E-state index is 0.264. The van der Waals surface area contributed by atoms with Crippen LogP contribution in [0.2, 0.25) is 0 Å². The summed E-state index contributed by atoms with van der Waals surface area (Å²) in [4.78, 5) is 0. The van der Waals surface area contributed by atoms with Crippen molar-refractivity contribution < 1.29 is 17.4 Å². The van der Waals surface area contributed by atoms with Crippen LogP contribution in [0.3, 0.4) is 0 Å². The fourth-order valence-corrected chi connectivity index (χ4v) is 2.13. The topological polar surface area (TPSA) is 66.4 Å². The van der Waals surface area contributed by atoms with Crippen molar-refractivity contribution in [1.82, 2.24) is 5.32 Å². The zero-order valence-corrected chi connectivity index (χ0v) is 11.3. The van der Waals surface area contributed by atoms with Crippen molar-refractivity contribution in [3.8, 4) is 0 Å². The van der Waals surface area contributed by atoms with E-state index >= 15 is 0 Å². The summed E-state index contributed by atoms with van der Waals surface area (Å²) in [6.45, 7) is 4.30. The van der Waals surface area contributed by atoms with Gasteiger partial charge in [-0.2, -0.15) is 8.42 Å². The van der Waals surface area contributed by atoms with E-state index < -0.39 is 10.1 Å². The van der Waals surface area contributed by atoms with Crippen LogP contribution in [-0.2, 0) is 15.7 Å². The van der Waals surface area contributed by atoms with Crippen molar-refractivity contribution in [2.24, 2.45) is 0 Å². The molecule has 0 saturated carbocycles. The van der Waals surface area contributed by atoms with Gasteiger partial charge in [-0.05, 0) is 44.5 Å².